The minimum Gasteiger partial charge on any atom is -0.174 e. The molecule has 0 fully saturated rings. The number of aryl methyl sites for hydroxylation is 1. The van der Waals surface area contributed by atoms with Crippen LogP contribution in [0.4, 0.5) is 0 Å². The van der Waals surface area contributed by atoms with E-state index in [4.69, 9.17) is 15.1 Å². The summed E-state index contributed by atoms with van der Waals surface area (Å²) < 4.78 is 3.94. The third-order valence-electron chi connectivity index (χ3n) is 5.57. The fourth-order valence-corrected chi connectivity index (χ4v) is 4.09. The van der Waals surface area contributed by atoms with Crippen LogP contribution in [0.5, 0.6) is 0 Å². The molecular formula is C27H20N5+. The standard InChI is InChI=1S/C27H20N5/c1-19-17-25(22-15-9-4-10-16-22)32-27(28-19)31-24(21-13-7-3-8-14-21)18-23(29-26(31)30-32)20-11-5-2-6-12-20/h2-18H,1H3/q+1. The van der Waals surface area contributed by atoms with Crippen LogP contribution in [-0.2, 0) is 0 Å². The first-order valence-corrected chi connectivity index (χ1v) is 10.6. The van der Waals surface area contributed by atoms with Crippen molar-refractivity contribution in [2.24, 2.45) is 0 Å². The van der Waals surface area contributed by atoms with Crippen molar-refractivity contribution in [1.82, 2.24) is 19.6 Å². The highest BCUT2D eigenvalue weighted by atomic mass is 15.4. The summed E-state index contributed by atoms with van der Waals surface area (Å²) in [5.41, 5.74) is 7.02. The van der Waals surface area contributed by atoms with Crippen LogP contribution in [0.1, 0.15) is 5.69 Å². The van der Waals surface area contributed by atoms with Crippen LogP contribution in [-0.4, -0.2) is 19.6 Å². The van der Waals surface area contributed by atoms with Gasteiger partial charge in [0.15, 0.2) is 0 Å². The molecule has 0 aliphatic heterocycles. The van der Waals surface area contributed by atoms with E-state index in [9.17, 15) is 0 Å². The second-order valence-corrected chi connectivity index (χ2v) is 7.75. The molecule has 3 aromatic carbocycles. The molecule has 32 heavy (non-hydrogen) atoms. The lowest BCUT2D eigenvalue weighted by Gasteiger charge is -2.05. The maximum Gasteiger partial charge on any atom is 0.389 e. The summed E-state index contributed by atoms with van der Waals surface area (Å²) in [6.07, 6.45) is 0. The summed E-state index contributed by atoms with van der Waals surface area (Å²) in [5, 5.41) is 4.91. The highest BCUT2D eigenvalue weighted by molar-refractivity contribution is 5.68. The van der Waals surface area contributed by atoms with Gasteiger partial charge < -0.3 is 0 Å². The number of hydrogen-bond acceptors (Lipinski definition) is 3. The fourth-order valence-electron chi connectivity index (χ4n) is 4.09. The maximum absolute atomic E-state index is 4.92. The fraction of sp³-hybridized carbons (Fsp3) is 0.0370. The Balaban J connectivity index is 1.74. The summed E-state index contributed by atoms with van der Waals surface area (Å²) >= 11 is 0. The SMILES string of the molecule is Cc1cc(-c2ccccc2)n2nc3nc(-c4ccccc4)cc(-c4ccccc4)[n+]3c2n1. The van der Waals surface area contributed by atoms with Crippen LogP contribution in [0, 0.1) is 6.92 Å². The van der Waals surface area contributed by atoms with E-state index >= 15 is 0 Å². The molecule has 0 amide bonds. The molecule has 0 saturated heterocycles. The van der Waals surface area contributed by atoms with Crippen molar-refractivity contribution in [3.63, 3.8) is 0 Å². The lowest BCUT2D eigenvalue weighted by atomic mass is 10.1. The normalized spacial score (nSPS) is 11.3. The van der Waals surface area contributed by atoms with E-state index in [1.54, 1.807) is 0 Å². The summed E-state index contributed by atoms with van der Waals surface area (Å²) in [5.74, 6) is 1.35. The molecule has 6 rings (SSSR count). The van der Waals surface area contributed by atoms with Gasteiger partial charge in [-0.2, -0.15) is 4.40 Å². The zero-order chi connectivity index (χ0) is 21.5. The van der Waals surface area contributed by atoms with Crippen molar-refractivity contribution in [1.29, 1.82) is 0 Å². The number of aromatic nitrogens is 5. The van der Waals surface area contributed by atoms with Gasteiger partial charge in [0.25, 0.3) is 0 Å². The average Bonchev–Trinajstić information content (AvgIpc) is 3.23. The van der Waals surface area contributed by atoms with Crippen molar-refractivity contribution in [2.45, 2.75) is 6.92 Å². The minimum absolute atomic E-state index is 0.612. The lowest BCUT2D eigenvalue weighted by molar-refractivity contribution is -0.475. The van der Waals surface area contributed by atoms with Crippen LogP contribution in [0.2, 0.25) is 0 Å². The van der Waals surface area contributed by atoms with Crippen LogP contribution >= 0.6 is 0 Å². The third-order valence-corrected chi connectivity index (χ3v) is 5.57. The molecule has 0 radical (unpaired) electrons. The van der Waals surface area contributed by atoms with Crippen LogP contribution in [0.15, 0.2) is 103 Å². The van der Waals surface area contributed by atoms with E-state index < -0.39 is 0 Å². The predicted octanol–water partition coefficient (Wildman–Crippen LogP) is 5.17. The average molecular weight is 414 g/mol. The quantitative estimate of drug-likeness (QED) is 0.375. The first kappa shape index (κ1) is 18.4. The van der Waals surface area contributed by atoms with Gasteiger partial charge in [0.2, 0.25) is 0 Å². The van der Waals surface area contributed by atoms with Gasteiger partial charge in [0.05, 0.1) is 11.4 Å². The number of hydrogen-bond donors (Lipinski definition) is 0. The van der Waals surface area contributed by atoms with E-state index in [0.29, 0.717) is 5.78 Å². The Morgan fingerprint density at radius 3 is 1.91 bits per heavy atom. The third kappa shape index (κ3) is 3.03. The molecule has 5 nitrogen and oxygen atoms in total. The summed E-state index contributed by atoms with van der Waals surface area (Å²) in [7, 11) is 0. The van der Waals surface area contributed by atoms with E-state index in [2.05, 4.69) is 48.5 Å². The molecule has 0 spiro atoms. The Morgan fingerprint density at radius 1 is 0.656 bits per heavy atom. The van der Waals surface area contributed by atoms with E-state index in [-0.39, 0.29) is 0 Å². The number of nitrogens with zero attached hydrogens (tertiary/aromatic N) is 5. The molecule has 0 N–H and O–H groups in total. The Morgan fingerprint density at radius 2 is 1.25 bits per heavy atom. The van der Waals surface area contributed by atoms with Crippen molar-refractivity contribution < 1.29 is 4.40 Å². The molecular weight excluding hydrogens is 394 g/mol. The Kier molecular flexibility index (Phi) is 4.25. The highest BCUT2D eigenvalue weighted by Gasteiger charge is 2.24. The summed E-state index contributed by atoms with van der Waals surface area (Å²) in [6, 6.07) is 35.0. The molecule has 0 atom stereocenters. The zero-order valence-corrected chi connectivity index (χ0v) is 17.6. The molecule has 152 valence electrons. The molecule has 5 heteroatoms. The van der Waals surface area contributed by atoms with Crippen molar-refractivity contribution >= 4 is 11.6 Å². The number of benzene rings is 3. The van der Waals surface area contributed by atoms with Crippen molar-refractivity contribution in [3.8, 4) is 33.8 Å². The van der Waals surface area contributed by atoms with Gasteiger partial charge in [-0.15, -0.1) is 9.97 Å². The molecule has 0 aliphatic rings. The smallest absolute Gasteiger partial charge is 0.174 e. The number of rotatable bonds is 3. The van der Waals surface area contributed by atoms with Gasteiger partial charge in [0.1, 0.15) is 11.4 Å². The molecule has 0 unspecified atom stereocenters. The lowest BCUT2D eigenvalue weighted by Crippen LogP contribution is -2.26. The van der Waals surface area contributed by atoms with Gasteiger partial charge in [-0.25, -0.2) is 0 Å². The molecule has 0 saturated carbocycles. The molecule has 3 aromatic heterocycles. The monoisotopic (exact) mass is 414 g/mol. The van der Waals surface area contributed by atoms with E-state index in [1.807, 2.05) is 70.4 Å². The second-order valence-electron chi connectivity index (χ2n) is 7.75. The van der Waals surface area contributed by atoms with E-state index in [1.165, 1.54) is 0 Å². The Hall–Kier alpha value is -4.38. The largest absolute Gasteiger partial charge is 0.389 e. The zero-order valence-electron chi connectivity index (χ0n) is 17.6. The van der Waals surface area contributed by atoms with Crippen LogP contribution < -0.4 is 4.40 Å². The summed E-state index contributed by atoms with van der Waals surface area (Å²) in [4.78, 5) is 9.79. The van der Waals surface area contributed by atoms with Crippen LogP contribution in [0.3, 0.4) is 0 Å². The van der Waals surface area contributed by atoms with Gasteiger partial charge in [-0.05, 0) is 6.92 Å². The topological polar surface area (TPSA) is 47.2 Å². The molecule has 3 heterocycles. The maximum atomic E-state index is 4.92. The van der Waals surface area contributed by atoms with Gasteiger partial charge in [-0.3, -0.25) is 0 Å². The number of fused-ring (bicyclic) bond motifs is 3. The minimum atomic E-state index is 0.612. The van der Waals surface area contributed by atoms with Gasteiger partial charge in [-0.1, -0.05) is 95.5 Å². The molecule has 6 aromatic rings. The Bertz CT molecular complexity index is 1560. The van der Waals surface area contributed by atoms with Crippen molar-refractivity contribution in [2.75, 3.05) is 0 Å². The van der Waals surface area contributed by atoms with Gasteiger partial charge in [0, 0.05) is 33.9 Å². The predicted molar refractivity (Wildman–Crippen MR) is 125 cm³/mol. The van der Waals surface area contributed by atoms with Crippen molar-refractivity contribution in [3.05, 3.63) is 109 Å². The van der Waals surface area contributed by atoms with E-state index in [0.717, 1.165) is 45.2 Å². The highest BCUT2D eigenvalue weighted by Crippen LogP contribution is 2.25. The summed E-state index contributed by atoms with van der Waals surface area (Å²) in [6.45, 7) is 2.01. The second kappa shape index (κ2) is 7.39. The molecule has 0 aliphatic carbocycles. The Labute approximate surface area is 185 Å². The van der Waals surface area contributed by atoms with Crippen LogP contribution in [0.25, 0.3) is 45.3 Å². The first-order chi connectivity index (χ1) is 15.8. The first-order valence-electron chi connectivity index (χ1n) is 10.6. The van der Waals surface area contributed by atoms with Gasteiger partial charge >= 0.3 is 11.6 Å². The molecule has 0 bridgehead atoms.